The Hall–Kier alpha value is -0.550. The number of alkyl halides is 5. The van der Waals surface area contributed by atoms with Gasteiger partial charge < -0.3 is 0 Å². The molecule has 0 atom stereocenters. The minimum Gasteiger partial charge on any atom is -0.298 e. The van der Waals surface area contributed by atoms with Crippen LogP contribution in [0.1, 0.15) is 16.7 Å². The molecule has 0 aliphatic rings. The molecule has 1 nitrogen and oxygen atoms in total. The first-order valence-corrected chi connectivity index (χ1v) is 6.36. The SMILES string of the molecule is O=C(CBr)Cc1cc(CCl)cc(C(F)(F)F)c1. The molecule has 0 saturated heterocycles. The minimum atomic E-state index is -4.42. The van der Waals surface area contributed by atoms with E-state index in [1.165, 1.54) is 6.07 Å². The van der Waals surface area contributed by atoms with E-state index < -0.39 is 11.7 Å². The molecule has 1 rings (SSSR count). The number of Topliss-reactive ketones (excluding diaryl/α,β-unsaturated/α-hetero) is 1. The van der Waals surface area contributed by atoms with Crippen LogP contribution in [-0.4, -0.2) is 11.1 Å². The molecule has 6 heteroatoms. The van der Waals surface area contributed by atoms with Crippen LogP contribution < -0.4 is 0 Å². The Morgan fingerprint density at radius 3 is 2.29 bits per heavy atom. The number of hydrogen-bond donors (Lipinski definition) is 0. The summed E-state index contributed by atoms with van der Waals surface area (Å²) in [6.07, 6.45) is -4.45. The average molecular weight is 330 g/mol. The van der Waals surface area contributed by atoms with Crippen LogP contribution in [0.4, 0.5) is 13.2 Å². The van der Waals surface area contributed by atoms with Gasteiger partial charge >= 0.3 is 6.18 Å². The molecule has 0 aliphatic carbocycles. The predicted octanol–water partition coefficient (Wildman–Crippen LogP) is 3.95. The number of halogens is 5. The zero-order valence-electron chi connectivity index (χ0n) is 8.65. The van der Waals surface area contributed by atoms with E-state index in [9.17, 15) is 18.0 Å². The summed E-state index contributed by atoms with van der Waals surface area (Å²) < 4.78 is 37.7. The second-order valence-electron chi connectivity index (χ2n) is 3.52. The van der Waals surface area contributed by atoms with Gasteiger partial charge in [0.1, 0.15) is 5.78 Å². The van der Waals surface area contributed by atoms with Crippen LogP contribution in [0.2, 0.25) is 0 Å². The highest BCUT2D eigenvalue weighted by Gasteiger charge is 2.31. The van der Waals surface area contributed by atoms with Crippen LogP contribution >= 0.6 is 27.5 Å². The van der Waals surface area contributed by atoms with Crippen LogP contribution in [0, 0.1) is 0 Å². The summed E-state index contributed by atoms with van der Waals surface area (Å²) in [5.41, 5.74) is -0.0770. The molecule has 0 aromatic heterocycles. The Morgan fingerprint density at radius 2 is 1.82 bits per heavy atom. The molecular formula is C11H9BrClF3O. The fourth-order valence-corrected chi connectivity index (χ4v) is 1.73. The van der Waals surface area contributed by atoms with E-state index in [1.54, 1.807) is 0 Å². The first-order chi connectivity index (χ1) is 7.86. The average Bonchev–Trinajstić information content (AvgIpc) is 2.27. The largest absolute Gasteiger partial charge is 0.416 e. The normalized spacial score (nSPS) is 11.6. The number of carbonyl (C=O) groups excluding carboxylic acids is 1. The summed E-state index contributed by atoms with van der Waals surface area (Å²) >= 11 is 8.50. The second-order valence-corrected chi connectivity index (χ2v) is 4.35. The van der Waals surface area contributed by atoms with E-state index in [0.717, 1.165) is 12.1 Å². The summed E-state index contributed by atoms with van der Waals surface area (Å²) in [4.78, 5) is 11.2. The van der Waals surface area contributed by atoms with Gasteiger partial charge in [-0.15, -0.1) is 11.6 Å². The third-order valence-electron chi connectivity index (χ3n) is 2.08. The maximum Gasteiger partial charge on any atom is 0.416 e. The smallest absolute Gasteiger partial charge is 0.298 e. The highest BCUT2D eigenvalue weighted by Crippen LogP contribution is 2.31. The summed E-state index contributed by atoms with van der Waals surface area (Å²) in [6.45, 7) is 0. The first-order valence-electron chi connectivity index (χ1n) is 4.70. The third kappa shape index (κ3) is 4.32. The number of hydrogen-bond acceptors (Lipinski definition) is 1. The van der Waals surface area contributed by atoms with Gasteiger partial charge in [0.05, 0.1) is 10.9 Å². The second kappa shape index (κ2) is 5.87. The van der Waals surface area contributed by atoms with E-state index in [0.29, 0.717) is 11.1 Å². The molecule has 0 saturated carbocycles. The lowest BCUT2D eigenvalue weighted by atomic mass is 10.0. The first kappa shape index (κ1) is 14.5. The van der Waals surface area contributed by atoms with Crippen LogP contribution in [0.5, 0.6) is 0 Å². The maximum absolute atomic E-state index is 12.6. The number of ketones is 1. The van der Waals surface area contributed by atoms with Gasteiger partial charge in [-0.3, -0.25) is 4.79 Å². The van der Waals surface area contributed by atoms with E-state index in [4.69, 9.17) is 11.6 Å². The van der Waals surface area contributed by atoms with Gasteiger partial charge in [0.25, 0.3) is 0 Å². The minimum absolute atomic E-state index is 0.0145. The van der Waals surface area contributed by atoms with E-state index in [-0.39, 0.29) is 23.4 Å². The molecule has 1 aromatic rings. The Bertz CT molecular complexity index is 418. The predicted molar refractivity (Wildman–Crippen MR) is 63.5 cm³/mol. The van der Waals surface area contributed by atoms with Crippen molar-refractivity contribution in [2.24, 2.45) is 0 Å². The summed E-state index contributed by atoms with van der Waals surface area (Å²) in [5.74, 6) is -0.191. The van der Waals surface area contributed by atoms with Gasteiger partial charge in [-0.1, -0.05) is 22.0 Å². The Morgan fingerprint density at radius 1 is 1.24 bits per heavy atom. The molecule has 0 spiro atoms. The van der Waals surface area contributed by atoms with Crippen molar-refractivity contribution in [1.29, 1.82) is 0 Å². The maximum atomic E-state index is 12.6. The summed E-state index contributed by atoms with van der Waals surface area (Å²) in [7, 11) is 0. The fraction of sp³-hybridized carbons (Fsp3) is 0.364. The van der Waals surface area contributed by atoms with E-state index >= 15 is 0 Å². The van der Waals surface area contributed by atoms with Gasteiger partial charge in [-0.25, -0.2) is 0 Å². The monoisotopic (exact) mass is 328 g/mol. The van der Waals surface area contributed by atoms with Crippen LogP contribution in [-0.2, 0) is 23.3 Å². The van der Waals surface area contributed by atoms with Gasteiger partial charge in [-0.05, 0) is 23.3 Å². The molecule has 0 unspecified atom stereocenters. The molecule has 1 aromatic carbocycles. The fourth-order valence-electron chi connectivity index (χ4n) is 1.38. The third-order valence-corrected chi connectivity index (χ3v) is 3.02. The molecule has 0 amide bonds. The van der Waals surface area contributed by atoms with Crippen molar-refractivity contribution in [2.45, 2.75) is 18.5 Å². The van der Waals surface area contributed by atoms with Gasteiger partial charge in [0.2, 0.25) is 0 Å². The lowest BCUT2D eigenvalue weighted by Crippen LogP contribution is -2.09. The van der Waals surface area contributed by atoms with Crippen molar-refractivity contribution in [3.63, 3.8) is 0 Å². The van der Waals surface area contributed by atoms with Crippen molar-refractivity contribution in [3.8, 4) is 0 Å². The molecule has 17 heavy (non-hydrogen) atoms. The summed E-state index contributed by atoms with van der Waals surface area (Å²) in [6, 6.07) is 3.49. The van der Waals surface area contributed by atoms with Gasteiger partial charge in [-0.2, -0.15) is 13.2 Å². The highest BCUT2D eigenvalue weighted by atomic mass is 79.9. The van der Waals surface area contributed by atoms with E-state index in [2.05, 4.69) is 15.9 Å². The molecule has 0 fully saturated rings. The van der Waals surface area contributed by atoms with Crippen molar-refractivity contribution >= 4 is 33.3 Å². The molecule has 0 radical (unpaired) electrons. The molecule has 0 N–H and O–H groups in total. The quantitative estimate of drug-likeness (QED) is 0.765. The van der Waals surface area contributed by atoms with Crippen molar-refractivity contribution in [2.75, 3.05) is 5.33 Å². The highest BCUT2D eigenvalue weighted by molar-refractivity contribution is 9.09. The Labute approximate surface area is 110 Å². The molecular weight excluding hydrogens is 320 g/mol. The van der Waals surface area contributed by atoms with Crippen molar-refractivity contribution < 1.29 is 18.0 Å². The molecule has 94 valence electrons. The Balaban J connectivity index is 3.10. The molecule has 0 heterocycles. The topological polar surface area (TPSA) is 17.1 Å². The summed E-state index contributed by atoms with van der Waals surface area (Å²) in [5, 5.41) is 0.124. The van der Waals surface area contributed by atoms with E-state index in [1.807, 2.05) is 0 Å². The number of benzene rings is 1. The zero-order chi connectivity index (χ0) is 13.1. The lowest BCUT2D eigenvalue weighted by Gasteiger charge is -2.10. The van der Waals surface area contributed by atoms with Crippen LogP contribution in [0.25, 0.3) is 0 Å². The number of rotatable bonds is 4. The van der Waals surface area contributed by atoms with Gasteiger partial charge in [0.15, 0.2) is 0 Å². The molecule has 0 bridgehead atoms. The zero-order valence-corrected chi connectivity index (χ0v) is 11.0. The lowest BCUT2D eigenvalue weighted by molar-refractivity contribution is -0.137. The van der Waals surface area contributed by atoms with Gasteiger partial charge in [0, 0.05) is 12.3 Å². The standard InChI is InChI=1S/C11H9BrClF3O/c12-5-10(17)4-7-1-8(6-13)3-9(2-7)11(14,15)16/h1-3H,4-6H2. The molecule has 0 aliphatic heterocycles. The van der Waals surface area contributed by atoms with Crippen molar-refractivity contribution in [3.05, 3.63) is 34.9 Å². The van der Waals surface area contributed by atoms with Crippen LogP contribution in [0.3, 0.4) is 0 Å². The number of carbonyl (C=O) groups is 1. The van der Waals surface area contributed by atoms with Crippen molar-refractivity contribution in [1.82, 2.24) is 0 Å². The Kier molecular flexibility index (Phi) is 5.01. The van der Waals surface area contributed by atoms with Crippen LogP contribution in [0.15, 0.2) is 18.2 Å².